The molecule has 10 heteroatoms. The van der Waals surface area contributed by atoms with Crippen LogP contribution in [-0.4, -0.2) is 47.5 Å². The highest BCUT2D eigenvalue weighted by Crippen LogP contribution is 2.28. The molecule has 140 valence electrons. The van der Waals surface area contributed by atoms with E-state index in [2.05, 4.69) is 5.32 Å². The summed E-state index contributed by atoms with van der Waals surface area (Å²) in [6.07, 6.45) is -0.347. The molecule has 0 aliphatic carbocycles. The largest absolute Gasteiger partial charge is 0.461 e. The molecule has 1 saturated heterocycles. The number of imide groups is 2. The molecule has 8 nitrogen and oxygen atoms in total. The van der Waals surface area contributed by atoms with Crippen molar-refractivity contribution in [3.63, 3.8) is 0 Å². The minimum atomic E-state index is -0.984. The summed E-state index contributed by atoms with van der Waals surface area (Å²) in [5.41, 5.74) is 0.153. The highest BCUT2D eigenvalue weighted by Gasteiger charge is 2.41. The van der Waals surface area contributed by atoms with Crippen LogP contribution in [0.2, 0.25) is 10.0 Å². The molecule has 0 radical (unpaired) electrons. The van der Waals surface area contributed by atoms with Gasteiger partial charge in [-0.3, -0.25) is 4.79 Å². The number of hydrogen-bond acceptors (Lipinski definition) is 5. The lowest BCUT2D eigenvalue weighted by Gasteiger charge is -2.19. The monoisotopic (exact) mass is 401 g/mol. The Bertz CT molecular complexity index is 748. The van der Waals surface area contributed by atoms with E-state index in [9.17, 15) is 19.2 Å². The predicted molar refractivity (Wildman–Crippen MR) is 95.3 cm³/mol. The van der Waals surface area contributed by atoms with E-state index in [1.54, 1.807) is 13.8 Å². The molecule has 0 saturated carbocycles. The van der Waals surface area contributed by atoms with Gasteiger partial charge in [-0.15, -0.1) is 0 Å². The van der Waals surface area contributed by atoms with Gasteiger partial charge in [-0.2, -0.15) is 0 Å². The molecule has 2 rings (SSSR count). The van der Waals surface area contributed by atoms with E-state index < -0.39 is 36.5 Å². The normalized spacial score (nSPS) is 15.5. The van der Waals surface area contributed by atoms with Crippen molar-refractivity contribution >= 4 is 52.8 Å². The highest BCUT2D eigenvalue weighted by atomic mass is 35.5. The smallest absolute Gasteiger partial charge is 0.340 e. The van der Waals surface area contributed by atoms with Crippen LogP contribution in [0.3, 0.4) is 0 Å². The maximum Gasteiger partial charge on any atom is 0.340 e. The van der Waals surface area contributed by atoms with Crippen LogP contribution in [0, 0.1) is 0 Å². The third-order valence-electron chi connectivity index (χ3n) is 3.36. The summed E-state index contributed by atoms with van der Waals surface area (Å²) < 4.78 is 4.98. The average molecular weight is 402 g/mol. The fraction of sp³-hybridized carbons (Fsp3) is 0.375. The second kappa shape index (κ2) is 7.92. The van der Waals surface area contributed by atoms with Gasteiger partial charge in [-0.1, -0.05) is 23.2 Å². The number of benzene rings is 1. The summed E-state index contributed by atoms with van der Waals surface area (Å²) in [5, 5.41) is 2.81. The van der Waals surface area contributed by atoms with Crippen LogP contribution in [0.5, 0.6) is 0 Å². The van der Waals surface area contributed by atoms with Gasteiger partial charge in [-0.25, -0.2) is 24.2 Å². The lowest BCUT2D eigenvalue weighted by atomic mass is 10.3. The molecule has 26 heavy (non-hydrogen) atoms. The number of amides is 5. The van der Waals surface area contributed by atoms with E-state index in [1.807, 2.05) is 0 Å². The van der Waals surface area contributed by atoms with Crippen molar-refractivity contribution in [1.29, 1.82) is 0 Å². The first-order valence-corrected chi connectivity index (χ1v) is 8.47. The Balaban J connectivity index is 2.12. The number of carbonyl (C=O) groups is 4. The van der Waals surface area contributed by atoms with Gasteiger partial charge >= 0.3 is 18.0 Å². The Labute approximate surface area is 160 Å². The fourth-order valence-corrected chi connectivity index (χ4v) is 2.75. The number of esters is 1. The molecule has 1 N–H and O–H groups in total. The standard InChI is InChI=1S/C16H17Cl2N3O5/c1-8(2)26-14(23)9(3)19-15(24)20-7-13(22)21(16(20)25)12-5-10(17)4-11(18)6-12/h4-6,8-9H,7H2,1-3H3,(H,19,24). The van der Waals surface area contributed by atoms with Crippen molar-refractivity contribution < 1.29 is 23.9 Å². The Kier molecular flexibility index (Phi) is 6.09. The summed E-state index contributed by atoms with van der Waals surface area (Å²) >= 11 is 11.8. The summed E-state index contributed by atoms with van der Waals surface area (Å²) in [7, 11) is 0. The summed E-state index contributed by atoms with van der Waals surface area (Å²) in [6.45, 7) is 4.28. The van der Waals surface area contributed by atoms with E-state index >= 15 is 0 Å². The second-order valence-electron chi connectivity index (χ2n) is 5.88. The number of carbonyl (C=O) groups excluding carboxylic acids is 4. The topological polar surface area (TPSA) is 96.0 Å². The molecule has 1 aromatic rings. The third kappa shape index (κ3) is 4.44. The Morgan fingerprint density at radius 1 is 1.12 bits per heavy atom. The van der Waals surface area contributed by atoms with Crippen LogP contribution in [-0.2, 0) is 14.3 Å². The first-order valence-electron chi connectivity index (χ1n) is 7.71. The Hall–Kier alpha value is -2.32. The van der Waals surface area contributed by atoms with Gasteiger partial charge in [0.25, 0.3) is 5.91 Å². The van der Waals surface area contributed by atoms with Gasteiger partial charge in [-0.05, 0) is 39.0 Å². The van der Waals surface area contributed by atoms with Gasteiger partial charge in [0, 0.05) is 10.0 Å². The van der Waals surface area contributed by atoms with Crippen molar-refractivity contribution in [2.75, 3.05) is 11.4 Å². The number of nitrogens with one attached hydrogen (secondary N) is 1. The molecule has 1 unspecified atom stereocenters. The maximum atomic E-state index is 12.5. The lowest BCUT2D eigenvalue weighted by Crippen LogP contribution is -2.48. The first kappa shape index (κ1) is 20.0. The third-order valence-corrected chi connectivity index (χ3v) is 3.80. The quantitative estimate of drug-likeness (QED) is 0.617. The molecule has 5 amide bonds. The summed E-state index contributed by atoms with van der Waals surface area (Å²) in [6, 6.07) is 1.48. The number of anilines is 1. The van der Waals surface area contributed by atoms with Gasteiger partial charge in [0.15, 0.2) is 0 Å². The molecular weight excluding hydrogens is 385 g/mol. The van der Waals surface area contributed by atoms with Crippen LogP contribution >= 0.6 is 23.2 Å². The zero-order valence-corrected chi connectivity index (χ0v) is 15.8. The molecule has 1 heterocycles. The Morgan fingerprint density at radius 3 is 2.23 bits per heavy atom. The highest BCUT2D eigenvalue weighted by molar-refractivity contribution is 6.35. The van der Waals surface area contributed by atoms with Crippen LogP contribution < -0.4 is 10.2 Å². The van der Waals surface area contributed by atoms with Crippen molar-refractivity contribution in [2.45, 2.75) is 32.9 Å². The van der Waals surface area contributed by atoms with Crippen molar-refractivity contribution in [1.82, 2.24) is 10.2 Å². The number of nitrogens with zero attached hydrogens (tertiary/aromatic N) is 2. The predicted octanol–water partition coefficient (Wildman–Crippen LogP) is 2.81. The zero-order chi connectivity index (χ0) is 19.6. The number of hydrogen-bond donors (Lipinski definition) is 1. The Morgan fingerprint density at radius 2 is 1.69 bits per heavy atom. The van der Waals surface area contributed by atoms with E-state index in [0.29, 0.717) is 4.90 Å². The number of rotatable bonds is 4. The van der Waals surface area contributed by atoms with Crippen LogP contribution in [0.15, 0.2) is 18.2 Å². The first-order chi connectivity index (χ1) is 12.1. The van der Waals surface area contributed by atoms with E-state index in [1.165, 1.54) is 25.1 Å². The van der Waals surface area contributed by atoms with Crippen molar-refractivity contribution in [2.24, 2.45) is 0 Å². The van der Waals surface area contributed by atoms with Gasteiger partial charge in [0.2, 0.25) is 0 Å². The van der Waals surface area contributed by atoms with E-state index in [-0.39, 0.29) is 21.8 Å². The molecule has 1 aliphatic rings. The molecular formula is C16H17Cl2N3O5. The summed E-state index contributed by atoms with van der Waals surface area (Å²) in [5.74, 6) is -1.27. The van der Waals surface area contributed by atoms with Crippen LogP contribution in [0.25, 0.3) is 0 Å². The second-order valence-corrected chi connectivity index (χ2v) is 6.76. The average Bonchev–Trinajstić information content (AvgIpc) is 2.80. The zero-order valence-electron chi connectivity index (χ0n) is 14.3. The van der Waals surface area contributed by atoms with E-state index in [4.69, 9.17) is 27.9 Å². The molecule has 0 spiro atoms. The lowest BCUT2D eigenvalue weighted by molar-refractivity contribution is -0.149. The number of ether oxygens (including phenoxy) is 1. The van der Waals surface area contributed by atoms with Crippen molar-refractivity contribution in [3.8, 4) is 0 Å². The van der Waals surface area contributed by atoms with Gasteiger partial charge < -0.3 is 10.1 Å². The number of urea groups is 2. The number of halogens is 2. The molecule has 0 aromatic heterocycles. The SMILES string of the molecule is CC(C)OC(=O)C(C)NC(=O)N1CC(=O)N(c2cc(Cl)cc(Cl)c2)C1=O. The minimum Gasteiger partial charge on any atom is -0.461 e. The maximum absolute atomic E-state index is 12.5. The molecule has 1 atom stereocenters. The molecule has 1 aromatic carbocycles. The molecule has 1 aliphatic heterocycles. The summed E-state index contributed by atoms with van der Waals surface area (Å²) in [4.78, 5) is 50.2. The van der Waals surface area contributed by atoms with Crippen LogP contribution in [0.1, 0.15) is 20.8 Å². The molecule has 0 bridgehead atoms. The fourth-order valence-electron chi connectivity index (χ4n) is 2.24. The van der Waals surface area contributed by atoms with E-state index in [0.717, 1.165) is 4.90 Å². The van der Waals surface area contributed by atoms with Gasteiger partial charge in [0.1, 0.15) is 12.6 Å². The van der Waals surface area contributed by atoms with Gasteiger partial charge in [0.05, 0.1) is 11.8 Å². The minimum absolute atomic E-state index is 0.153. The van der Waals surface area contributed by atoms with Crippen molar-refractivity contribution in [3.05, 3.63) is 28.2 Å². The van der Waals surface area contributed by atoms with Crippen LogP contribution in [0.4, 0.5) is 15.3 Å². The molecule has 1 fully saturated rings.